The molecule has 131 valence electrons. The molecule has 0 N–H and O–H groups in total. The molecule has 1 aliphatic rings. The van der Waals surface area contributed by atoms with E-state index in [9.17, 15) is 0 Å². The largest absolute Gasteiger partial charge is 0.461 e. The summed E-state index contributed by atoms with van der Waals surface area (Å²) in [6.07, 6.45) is 2.35. The number of rotatable bonds is 6. The second-order valence-corrected chi connectivity index (χ2v) is 7.85. The van der Waals surface area contributed by atoms with E-state index >= 15 is 0 Å². The fourth-order valence-electron chi connectivity index (χ4n) is 3.65. The molecule has 0 amide bonds. The van der Waals surface area contributed by atoms with Crippen LogP contribution in [0.2, 0.25) is 0 Å². The molecule has 25 heavy (non-hydrogen) atoms. The van der Waals surface area contributed by atoms with Crippen LogP contribution in [0.1, 0.15) is 56.9 Å². The molecule has 2 aromatic rings. The fraction of sp³-hybridized carbons (Fsp3) is 0.455. The Hall–Kier alpha value is -0.696. The van der Waals surface area contributed by atoms with Crippen molar-refractivity contribution in [3.63, 3.8) is 0 Å². The molecule has 1 saturated carbocycles. The molecule has 1 radical (unpaired) electrons. The van der Waals surface area contributed by atoms with E-state index in [1.54, 1.807) is 7.11 Å². The summed E-state index contributed by atoms with van der Waals surface area (Å²) < 4.78 is 11.5. The average Bonchev–Trinajstić information content (AvgIpc) is 3.38. The Morgan fingerprint density at radius 3 is 1.96 bits per heavy atom. The Bertz CT molecular complexity index is 642. The first kappa shape index (κ1) is 20.6. The molecule has 2 unspecified atom stereocenters. The third-order valence-corrected chi connectivity index (χ3v) is 4.79. The predicted octanol–water partition coefficient (Wildman–Crippen LogP) is 5.95. The minimum atomic E-state index is -0.376. The van der Waals surface area contributed by atoms with Crippen molar-refractivity contribution in [2.75, 3.05) is 7.11 Å². The van der Waals surface area contributed by atoms with Gasteiger partial charge < -0.3 is 9.47 Å². The van der Waals surface area contributed by atoms with Gasteiger partial charge in [0.1, 0.15) is 5.75 Å². The van der Waals surface area contributed by atoms with Crippen LogP contribution in [0.3, 0.4) is 0 Å². The molecule has 3 rings (SSSR count). The molecule has 0 spiro atoms. The summed E-state index contributed by atoms with van der Waals surface area (Å²) in [6.45, 7) is 7.03. The maximum absolute atomic E-state index is 6.02. The van der Waals surface area contributed by atoms with Crippen molar-refractivity contribution in [2.45, 2.75) is 45.8 Å². The van der Waals surface area contributed by atoms with Crippen molar-refractivity contribution in [3.8, 4) is 5.75 Å². The first-order valence-electron chi connectivity index (χ1n) is 8.83. The predicted molar refractivity (Wildman–Crippen MR) is 98.2 cm³/mol. The number of benzene rings is 2. The van der Waals surface area contributed by atoms with Crippen molar-refractivity contribution in [1.29, 1.82) is 0 Å². The van der Waals surface area contributed by atoms with Gasteiger partial charge in [-0.15, -0.1) is 0 Å². The normalized spacial score (nSPS) is 16.6. The molecule has 0 saturated heterocycles. The van der Waals surface area contributed by atoms with Gasteiger partial charge in [0.25, 0.3) is 0 Å². The first-order valence-corrected chi connectivity index (χ1v) is 8.83. The van der Waals surface area contributed by atoms with E-state index in [0.29, 0.717) is 11.3 Å². The number of methoxy groups -OCH3 is 1. The van der Waals surface area contributed by atoms with Crippen molar-refractivity contribution in [3.05, 3.63) is 65.7 Å². The molecule has 2 nitrogen and oxygen atoms in total. The second kappa shape index (κ2) is 8.80. The van der Waals surface area contributed by atoms with Crippen LogP contribution in [-0.4, -0.2) is 7.11 Å². The molecule has 0 aromatic heterocycles. The van der Waals surface area contributed by atoms with Gasteiger partial charge >= 0.3 is 0 Å². The van der Waals surface area contributed by atoms with Crippen molar-refractivity contribution >= 4 is 0 Å². The van der Waals surface area contributed by atoms with Crippen molar-refractivity contribution in [2.24, 2.45) is 11.3 Å². The summed E-state index contributed by atoms with van der Waals surface area (Å²) in [4.78, 5) is 0. The molecular formula is C22H28O2Y. The van der Waals surface area contributed by atoms with E-state index < -0.39 is 0 Å². The van der Waals surface area contributed by atoms with Crippen LogP contribution in [0.4, 0.5) is 0 Å². The van der Waals surface area contributed by atoms with Gasteiger partial charge in [-0.25, -0.2) is 0 Å². The van der Waals surface area contributed by atoms with Crippen LogP contribution < -0.4 is 4.74 Å². The summed E-state index contributed by atoms with van der Waals surface area (Å²) >= 11 is 0. The van der Waals surface area contributed by atoms with Crippen LogP contribution in [0, 0.1) is 11.3 Å². The minimum Gasteiger partial charge on any atom is -0.461 e. The van der Waals surface area contributed by atoms with Crippen molar-refractivity contribution < 1.29 is 42.2 Å². The summed E-state index contributed by atoms with van der Waals surface area (Å²) in [5.74, 6) is 2.31. The SMILES string of the molecule is COC(Oc1ccc(C(C2CC2)C(C)(C)C)cc1)c1ccccc1.[Y]. The fourth-order valence-corrected chi connectivity index (χ4v) is 3.65. The molecule has 0 bridgehead atoms. The van der Waals surface area contributed by atoms with Gasteiger partial charge in [0.15, 0.2) is 0 Å². The Labute approximate surface area is 177 Å². The maximum Gasteiger partial charge on any atom is 0.226 e. The van der Waals surface area contributed by atoms with E-state index in [1.807, 2.05) is 30.3 Å². The number of hydrogen-bond acceptors (Lipinski definition) is 2. The Kier molecular flexibility index (Phi) is 7.25. The van der Waals surface area contributed by atoms with Gasteiger partial charge in [-0.1, -0.05) is 63.2 Å². The molecular weight excluding hydrogens is 385 g/mol. The van der Waals surface area contributed by atoms with Gasteiger partial charge in [0.05, 0.1) is 0 Å². The number of ether oxygens (including phenoxy) is 2. The van der Waals surface area contributed by atoms with E-state index in [1.165, 1.54) is 18.4 Å². The summed E-state index contributed by atoms with van der Waals surface area (Å²) in [7, 11) is 1.68. The quantitative estimate of drug-likeness (QED) is 0.545. The van der Waals surface area contributed by atoms with E-state index in [-0.39, 0.29) is 39.0 Å². The monoisotopic (exact) mass is 413 g/mol. The molecule has 1 fully saturated rings. The number of hydrogen-bond donors (Lipinski definition) is 0. The molecule has 0 aliphatic heterocycles. The second-order valence-electron chi connectivity index (χ2n) is 7.85. The van der Waals surface area contributed by atoms with E-state index in [0.717, 1.165) is 17.2 Å². The molecule has 1 aliphatic carbocycles. The topological polar surface area (TPSA) is 18.5 Å². The minimum absolute atomic E-state index is 0. The summed E-state index contributed by atoms with van der Waals surface area (Å²) in [6, 6.07) is 18.6. The standard InChI is InChI=1S/C22H28O2.Y/c1-22(2,3)20(16-10-11-16)17-12-14-19(15-13-17)24-21(23-4)18-8-6-5-7-9-18;/h5-9,12-16,20-21H,10-11H2,1-4H3;. The third-order valence-electron chi connectivity index (χ3n) is 4.79. The molecule has 2 aromatic carbocycles. The zero-order chi connectivity index (χ0) is 17.2. The third kappa shape index (κ3) is 5.39. The Balaban J connectivity index is 0.00000225. The van der Waals surface area contributed by atoms with Gasteiger partial charge in [0.2, 0.25) is 6.29 Å². The van der Waals surface area contributed by atoms with Gasteiger partial charge in [-0.05, 0) is 47.8 Å². The smallest absolute Gasteiger partial charge is 0.226 e. The Morgan fingerprint density at radius 1 is 0.880 bits per heavy atom. The van der Waals surface area contributed by atoms with Crippen LogP contribution in [-0.2, 0) is 37.4 Å². The average molecular weight is 413 g/mol. The zero-order valence-electron chi connectivity index (χ0n) is 15.7. The van der Waals surface area contributed by atoms with E-state index in [4.69, 9.17) is 9.47 Å². The van der Waals surface area contributed by atoms with Crippen LogP contribution >= 0.6 is 0 Å². The van der Waals surface area contributed by atoms with Crippen LogP contribution in [0.5, 0.6) is 5.75 Å². The van der Waals surface area contributed by atoms with Gasteiger partial charge in [-0.3, -0.25) is 0 Å². The molecule has 0 heterocycles. The van der Waals surface area contributed by atoms with Crippen molar-refractivity contribution in [1.82, 2.24) is 0 Å². The molecule has 3 heteroatoms. The Morgan fingerprint density at radius 2 is 1.48 bits per heavy atom. The first-order chi connectivity index (χ1) is 11.5. The zero-order valence-corrected chi connectivity index (χ0v) is 18.6. The van der Waals surface area contributed by atoms with Gasteiger partial charge in [-0.2, -0.15) is 0 Å². The van der Waals surface area contributed by atoms with E-state index in [2.05, 4.69) is 45.0 Å². The van der Waals surface area contributed by atoms with Crippen LogP contribution in [0.25, 0.3) is 0 Å². The summed E-state index contributed by atoms with van der Waals surface area (Å²) in [5.41, 5.74) is 2.74. The maximum atomic E-state index is 6.02. The summed E-state index contributed by atoms with van der Waals surface area (Å²) in [5, 5.41) is 0. The molecule has 2 atom stereocenters. The van der Waals surface area contributed by atoms with Gasteiger partial charge in [0, 0.05) is 45.4 Å². The van der Waals surface area contributed by atoms with Crippen LogP contribution in [0.15, 0.2) is 54.6 Å².